The number of fused-ring (bicyclic) bond motifs is 1. The van der Waals surface area contributed by atoms with Gasteiger partial charge in [-0.1, -0.05) is 31.2 Å². The number of hydrogen-bond acceptors (Lipinski definition) is 4. The molecule has 142 valence electrons. The number of ether oxygens (including phenoxy) is 2. The molecule has 2 aromatic rings. The van der Waals surface area contributed by atoms with E-state index in [-0.39, 0.29) is 11.8 Å². The van der Waals surface area contributed by atoms with Crippen LogP contribution in [0.3, 0.4) is 0 Å². The lowest BCUT2D eigenvalue weighted by atomic mass is 10.1. The zero-order valence-electron chi connectivity index (χ0n) is 15.9. The van der Waals surface area contributed by atoms with Crippen LogP contribution in [0.1, 0.15) is 12.5 Å². The Labute approximate surface area is 160 Å². The van der Waals surface area contributed by atoms with Crippen LogP contribution in [0.15, 0.2) is 55.1 Å². The summed E-state index contributed by atoms with van der Waals surface area (Å²) in [5.41, 5.74) is 2.98. The van der Waals surface area contributed by atoms with E-state index in [4.69, 9.17) is 9.47 Å². The zero-order chi connectivity index (χ0) is 19.2. The van der Waals surface area contributed by atoms with Crippen molar-refractivity contribution in [3.8, 4) is 11.5 Å². The summed E-state index contributed by atoms with van der Waals surface area (Å²) in [6, 6.07) is 13.7. The van der Waals surface area contributed by atoms with Crippen LogP contribution in [0.25, 0.3) is 0 Å². The van der Waals surface area contributed by atoms with Gasteiger partial charge in [0.2, 0.25) is 5.91 Å². The topological polar surface area (TPSA) is 50.8 Å². The number of nitrogens with one attached hydrogen (secondary N) is 1. The molecule has 1 unspecified atom stereocenters. The van der Waals surface area contributed by atoms with Crippen molar-refractivity contribution in [1.29, 1.82) is 0 Å². The van der Waals surface area contributed by atoms with Crippen LogP contribution in [0.4, 0.5) is 11.4 Å². The van der Waals surface area contributed by atoms with Gasteiger partial charge in [0.1, 0.15) is 6.61 Å². The Morgan fingerprint density at radius 2 is 2.07 bits per heavy atom. The summed E-state index contributed by atoms with van der Waals surface area (Å²) < 4.78 is 11.4. The number of carbonyl (C=O) groups excluding carboxylic acids is 1. The van der Waals surface area contributed by atoms with E-state index in [1.54, 1.807) is 12.0 Å². The van der Waals surface area contributed by atoms with Crippen LogP contribution >= 0.6 is 0 Å². The predicted octanol–water partition coefficient (Wildman–Crippen LogP) is 3.90. The average Bonchev–Trinajstić information content (AvgIpc) is 2.81. The van der Waals surface area contributed by atoms with Gasteiger partial charge in [-0.25, -0.2) is 0 Å². The molecule has 0 fully saturated rings. The molecule has 0 saturated heterocycles. The Kier molecular flexibility index (Phi) is 6.01. The molecule has 2 aromatic carbocycles. The molecule has 27 heavy (non-hydrogen) atoms. The van der Waals surface area contributed by atoms with Crippen LogP contribution in [0, 0.1) is 5.92 Å². The Morgan fingerprint density at radius 1 is 1.26 bits per heavy atom. The first-order chi connectivity index (χ1) is 13.1. The summed E-state index contributed by atoms with van der Waals surface area (Å²) in [5, 5.41) is 3.35. The van der Waals surface area contributed by atoms with Gasteiger partial charge in [0, 0.05) is 6.54 Å². The molecule has 1 atom stereocenters. The van der Waals surface area contributed by atoms with E-state index >= 15 is 0 Å². The molecule has 1 N–H and O–H groups in total. The van der Waals surface area contributed by atoms with Crippen LogP contribution in [0.2, 0.25) is 0 Å². The third-order valence-electron chi connectivity index (χ3n) is 4.66. The number of nitrogens with zero attached hydrogens (tertiary/aromatic N) is 1. The number of anilines is 2. The van der Waals surface area contributed by atoms with Crippen molar-refractivity contribution < 1.29 is 14.3 Å². The summed E-state index contributed by atoms with van der Waals surface area (Å²) >= 11 is 0. The van der Waals surface area contributed by atoms with Crippen molar-refractivity contribution in [3.05, 3.63) is 60.7 Å². The van der Waals surface area contributed by atoms with Gasteiger partial charge in [-0.05, 0) is 36.2 Å². The molecular weight excluding hydrogens is 340 g/mol. The standard InChI is InChI=1S/C22H26N2O3/c1-4-7-17-10-11-20(21(14-17)26-3)27-13-12-24-19-9-6-5-8-18(19)23-15-16(2)22(24)25/h4-6,8-11,14,16,23H,1,7,12-13,15H2,2-3H3. The minimum Gasteiger partial charge on any atom is -0.493 e. The van der Waals surface area contributed by atoms with E-state index in [9.17, 15) is 4.79 Å². The number of allylic oxidation sites excluding steroid dienone is 1. The minimum atomic E-state index is -0.0925. The zero-order valence-corrected chi connectivity index (χ0v) is 15.9. The van der Waals surface area contributed by atoms with Gasteiger partial charge >= 0.3 is 0 Å². The second-order valence-electron chi connectivity index (χ2n) is 6.62. The molecular formula is C22H26N2O3. The summed E-state index contributed by atoms with van der Waals surface area (Å²) in [6.07, 6.45) is 2.63. The molecule has 1 heterocycles. The van der Waals surface area contributed by atoms with Crippen LogP contribution in [-0.4, -0.2) is 32.7 Å². The fourth-order valence-electron chi connectivity index (χ4n) is 3.20. The third kappa shape index (κ3) is 4.25. The summed E-state index contributed by atoms with van der Waals surface area (Å²) in [7, 11) is 1.63. The van der Waals surface area contributed by atoms with E-state index in [2.05, 4.69) is 11.9 Å². The highest BCUT2D eigenvalue weighted by Gasteiger charge is 2.27. The molecule has 1 aliphatic heterocycles. The maximum atomic E-state index is 12.8. The molecule has 0 bridgehead atoms. The highest BCUT2D eigenvalue weighted by Crippen LogP contribution is 2.31. The van der Waals surface area contributed by atoms with Gasteiger partial charge in [0.05, 0.1) is 30.9 Å². The highest BCUT2D eigenvalue weighted by atomic mass is 16.5. The molecule has 5 heteroatoms. The number of benzene rings is 2. The second kappa shape index (κ2) is 8.62. The predicted molar refractivity (Wildman–Crippen MR) is 109 cm³/mol. The first-order valence-electron chi connectivity index (χ1n) is 9.19. The lowest BCUT2D eigenvalue weighted by molar-refractivity contribution is -0.121. The number of hydrogen-bond donors (Lipinski definition) is 1. The number of rotatable bonds is 7. The van der Waals surface area contributed by atoms with Gasteiger partial charge in [0.25, 0.3) is 0 Å². The van der Waals surface area contributed by atoms with Gasteiger partial charge in [0.15, 0.2) is 11.5 Å². The molecule has 5 nitrogen and oxygen atoms in total. The number of para-hydroxylation sites is 2. The van der Waals surface area contributed by atoms with Gasteiger partial charge in [-0.3, -0.25) is 4.79 Å². The molecule has 0 spiro atoms. The number of amides is 1. The van der Waals surface area contributed by atoms with E-state index < -0.39 is 0 Å². The van der Waals surface area contributed by atoms with Crippen molar-refractivity contribution in [2.24, 2.45) is 5.92 Å². The first-order valence-corrected chi connectivity index (χ1v) is 9.19. The Hall–Kier alpha value is -2.95. The normalized spacial score (nSPS) is 16.1. The third-order valence-corrected chi connectivity index (χ3v) is 4.66. The SMILES string of the molecule is C=CCc1ccc(OCCN2C(=O)C(C)CNc3ccccc32)c(OC)c1. The Bertz CT molecular complexity index is 819. The minimum absolute atomic E-state index is 0.0925. The maximum absolute atomic E-state index is 12.8. The highest BCUT2D eigenvalue weighted by molar-refractivity contribution is 5.99. The largest absolute Gasteiger partial charge is 0.493 e. The monoisotopic (exact) mass is 366 g/mol. The van der Waals surface area contributed by atoms with E-state index in [0.29, 0.717) is 31.2 Å². The summed E-state index contributed by atoms with van der Waals surface area (Å²) in [6.45, 7) is 7.18. The Morgan fingerprint density at radius 3 is 2.85 bits per heavy atom. The van der Waals surface area contributed by atoms with E-state index in [0.717, 1.165) is 23.4 Å². The fourth-order valence-corrected chi connectivity index (χ4v) is 3.20. The maximum Gasteiger partial charge on any atom is 0.231 e. The van der Waals surface area contributed by atoms with E-state index in [1.807, 2.05) is 55.5 Å². The molecule has 0 radical (unpaired) electrons. The average molecular weight is 366 g/mol. The van der Waals surface area contributed by atoms with Gasteiger partial charge in [-0.2, -0.15) is 0 Å². The van der Waals surface area contributed by atoms with Crippen molar-refractivity contribution in [2.45, 2.75) is 13.3 Å². The number of carbonyl (C=O) groups is 1. The molecule has 3 rings (SSSR count). The molecule has 0 aliphatic carbocycles. The lowest BCUT2D eigenvalue weighted by Gasteiger charge is -2.24. The summed E-state index contributed by atoms with van der Waals surface area (Å²) in [4.78, 5) is 14.6. The molecule has 1 amide bonds. The molecule has 1 aliphatic rings. The second-order valence-corrected chi connectivity index (χ2v) is 6.62. The fraction of sp³-hybridized carbons (Fsp3) is 0.318. The van der Waals surface area contributed by atoms with Crippen LogP contribution in [0.5, 0.6) is 11.5 Å². The number of methoxy groups -OCH3 is 1. The lowest BCUT2D eigenvalue weighted by Crippen LogP contribution is -2.38. The summed E-state index contributed by atoms with van der Waals surface area (Å²) in [5.74, 6) is 1.37. The molecule has 0 saturated carbocycles. The van der Waals surface area contributed by atoms with Crippen LogP contribution in [-0.2, 0) is 11.2 Å². The van der Waals surface area contributed by atoms with Crippen molar-refractivity contribution in [2.75, 3.05) is 37.0 Å². The van der Waals surface area contributed by atoms with Crippen molar-refractivity contribution >= 4 is 17.3 Å². The van der Waals surface area contributed by atoms with Gasteiger partial charge in [-0.15, -0.1) is 6.58 Å². The quantitative estimate of drug-likeness (QED) is 0.755. The van der Waals surface area contributed by atoms with Gasteiger partial charge < -0.3 is 19.7 Å². The Balaban J connectivity index is 1.72. The molecule has 0 aromatic heterocycles. The van der Waals surface area contributed by atoms with E-state index in [1.165, 1.54) is 0 Å². The van der Waals surface area contributed by atoms with Crippen LogP contribution < -0.4 is 19.7 Å². The first kappa shape index (κ1) is 18.8. The van der Waals surface area contributed by atoms with Crippen molar-refractivity contribution in [3.63, 3.8) is 0 Å². The van der Waals surface area contributed by atoms with Crippen molar-refractivity contribution in [1.82, 2.24) is 0 Å². The smallest absolute Gasteiger partial charge is 0.231 e.